The number of hydrogen-bond acceptors (Lipinski definition) is 5. The predicted molar refractivity (Wildman–Crippen MR) is 130 cm³/mol. The molecule has 0 atom stereocenters. The smallest absolute Gasteiger partial charge is 0.264 e. The van der Waals surface area contributed by atoms with Gasteiger partial charge in [0.2, 0.25) is 5.95 Å². The van der Waals surface area contributed by atoms with E-state index in [4.69, 9.17) is 16.6 Å². The molecule has 5 rings (SSSR count). The number of rotatable bonds is 5. The lowest BCUT2D eigenvalue weighted by Crippen LogP contribution is -2.48. The number of halogens is 1. The zero-order chi connectivity index (χ0) is 21.4. The second-order valence-electron chi connectivity index (χ2n) is 8.40. The quantitative estimate of drug-likeness (QED) is 0.532. The Hall–Kier alpha value is -2.15. The SMILES string of the molecule is C=CCn1c(N2CCN(Cc3ccc(Cl)cc3)CC2)nc2sc3c(c2c1=O)CCCC3. The normalized spacial score (nSPS) is 17.1. The van der Waals surface area contributed by atoms with Crippen molar-refractivity contribution in [3.05, 3.63) is 68.3 Å². The Kier molecular flexibility index (Phi) is 5.87. The van der Waals surface area contributed by atoms with Crippen LogP contribution in [0.25, 0.3) is 10.2 Å². The molecule has 1 aliphatic carbocycles. The van der Waals surface area contributed by atoms with Gasteiger partial charge >= 0.3 is 0 Å². The van der Waals surface area contributed by atoms with E-state index >= 15 is 0 Å². The van der Waals surface area contributed by atoms with Crippen LogP contribution < -0.4 is 10.5 Å². The molecule has 162 valence electrons. The summed E-state index contributed by atoms with van der Waals surface area (Å²) in [6, 6.07) is 8.07. The fraction of sp³-hybridized carbons (Fsp3) is 0.417. The van der Waals surface area contributed by atoms with Gasteiger partial charge in [0.25, 0.3) is 5.56 Å². The van der Waals surface area contributed by atoms with E-state index in [9.17, 15) is 4.79 Å². The monoisotopic (exact) mass is 454 g/mol. The Morgan fingerprint density at radius 3 is 2.58 bits per heavy atom. The first-order valence-corrected chi connectivity index (χ1v) is 12.2. The van der Waals surface area contributed by atoms with Gasteiger partial charge in [-0.25, -0.2) is 4.98 Å². The predicted octanol–water partition coefficient (Wildman–Crippen LogP) is 4.50. The molecule has 0 unspecified atom stereocenters. The minimum Gasteiger partial charge on any atom is -0.340 e. The Balaban J connectivity index is 1.41. The van der Waals surface area contributed by atoms with Gasteiger partial charge in [0, 0.05) is 49.2 Å². The molecule has 0 spiro atoms. The number of piperazine rings is 1. The molecule has 1 fully saturated rings. The molecule has 3 aromatic rings. The molecule has 2 aliphatic rings. The Morgan fingerprint density at radius 2 is 1.84 bits per heavy atom. The summed E-state index contributed by atoms with van der Waals surface area (Å²) >= 11 is 7.73. The van der Waals surface area contributed by atoms with Crippen LogP contribution in [0.3, 0.4) is 0 Å². The highest BCUT2D eigenvalue weighted by molar-refractivity contribution is 7.18. The number of allylic oxidation sites excluding steroid dienone is 1. The molecular formula is C24H27ClN4OS. The van der Waals surface area contributed by atoms with Crippen molar-refractivity contribution in [2.24, 2.45) is 0 Å². The summed E-state index contributed by atoms with van der Waals surface area (Å²) in [6.45, 7) is 8.87. The van der Waals surface area contributed by atoms with Crippen LogP contribution in [-0.2, 0) is 25.9 Å². The van der Waals surface area contributed by atoms with Gasteiger partial charge in [0.15, 0.2) is 0 Å². The van der Waals surface area contributed by atoms with Gasteiger partial charge in [-0.2, -0.15) is 0 Å². The first kappa shape index (κ1) is 20.7. The van der Waals surface area contributed by atoms with E-state index in [1.54, 1.807) is 17.4 Å². The Morgan fingerprint density at radius 1 is 1.10 bits per heavy atom. The second kappa shape index (κ2) is 8.77. The zero-order valence-electron chi connectivity index (χ0n) is 17.6. The zero-order valence-corrected chi connectivity index (χ0v) is 19.2. The van der Waals surface area contributed by atoms with Crippen LogP contribution in [0, 0.1) is 0 Å². The summed E-state index contributed by atoms with van der Waals surface area (Å²) < 4.78 is 1.83. The lowest BCUT2D eigenvalue weighted by molar-refractivity contribution is 0.248. The van der Waals surface area contributed by atoms with Gasteiger partial charge in [-0.1, -0.05) is 29.8 Å². The second-order valence-corrected chi connectivity index (χ2v) is 9.92. The number of thiophene rings is 1. The van der Waals surface area contributed by atoms with Crippen LogP contribution in [0.2, 0.25) is 5.02 Å². The number of anilines is 1. The third-order valence-corrected chi connectivity index (χ3v) is 7.78. The van der Waals surface area contributed by atoms with E-state index < -0.39 is 0 Å². The highest BCUT2D eigenvalue weighted by Crippen LogP contribution is 2.34. The molecule has 1 aromatic carbocycles. The third-order valence-electron chi connectivity index (χ3n) is 6.34. The number of fused-ring (bicyclic) bond motifs is 3. The molecule has 7 heteroatoms. The molecule has 3 heterocycles. The van der Waals surface area contributed by atoms with E-state index in [0.717, 1.165) is 73.2 Å². The topological polar surface area (TPSA) is 41.4 Å². The van der Waals surface area contributed by atoms with Gasteiger partial charge in [0.1, 0.15) is 4.83 Å². The van der Waals surface area contributed by atoms with Crippen LogP contribution in [0.4, 0.5) is 5.95 Å². The first-order valence-electron chi connectivity index (χ1n) is 11.0. The molecule has 0 N–H and O–H groups in total. The van der Waals surface area contributed by atoms with E-state index in [2.05, 4.69) is 28.5 Å². The van der Waals surface area contributed by atoms with Gasteiger partial charge in [-0.3, -0.25) is 14.3 Å². The minimum absolute atomic E-state index is 0.0999. The average Bonchev–Trinajstić information content (AvgIpc) is 3.16. The largest absolute Gasteiger partial charge is 0.340 e. The van der Waals surface area contributed by atoms with Gasteiger partial charge in [-0.05, 0) is 48.9 Å². The van der Waals surface area contributed by atoms with Crippen molar-refractivity contribution in [1.29, 1.82) is 0 Å². The molecule has 0 saturated carbocycles. The molecule has 0 amide bonds. The molecule has 31 heavy (non-hydrogen) atoms. The van der Waals surface area contributed by atoms with Crippen LogP contribution in [0.5, 0.6) is 0 Å². The van der Waals surface area contributed by atoms with Crippen molar-refractivity contribution in [2.45, 2.75) is 38.8 Å². The van der Waals surface area contributed by atoms with Gasteiger partial charge in [-0.15, -0.1) is 17.9 Å². The standard InChI is InChI=1S/C24H27ClN4OS/c1-2-11-29-23(30)21-19-5-3-4-6-20(19)31-22(21)26-24(29)28-14-12-27(13-15-28)16-17-7-9-18(25)10-8-17/h2,7-10H,1,3-6,11-16H2. The number of nitrogens with zero attached hydrogens (tertiary/aromatic N) is 4. The Labute approximate surface area is 191 Å². The highest BCUT2D eigenvalue weighted by atomic mass is 35.5. The number of aryl methyl sites for hydroxylation is 2. The highest BCUT2D eigenvalue weighted by Gasteiger charge is 2.25. The summed E-state index contributed by atoms with van der Waals surface area (Å²) in [6.07, 6.45) is 6.26. The average molecular weight is 455 g/mol. The lowest BCUT2D eigenvalue weighted by Gasteiger charge is -2.36. The molecule has 1 aliphatic heterocycles. The van der Waals surface area contributed by atoms with Crippen molar-refractivity contribution in [3.63, 3.8) is 0 Å². The van der Waals surface area contributed by atoms with Crippen LogP contribution in [-0.4, -0.2) is 40.6 Å². The van der Waals surface area contributed by atoms with E-state index in [1.165, 1.54) is 22.4 Å². The minimum atomic E-state index is 0.0999. The van der Waals surface area contributed by atoms with Crippen molar-refractivity contribution in [2.75, 3.05) is 31.1 Å². The summed E-state index contributed by atoms with van der Waals surface area (Å²) in [5.74, 6) is 0.794. The van der Waals surface area contributed by atoms with E-state index in [-0.39, 0.29) is 5.56 Å². The van der Waals surface area contributed by atoms with Gasteiger partial charge < -0.3 is 4.90 Å². The molecule has 0 bridgehead atoms. The van der Waals surface area contributed by atoms with Crippen LogP contribution in [0.15, 0.2) is 41.7 Å². The molecule has 2 aromatic heterocycles. The number of aromatic nitrogens is 2. The lowest BCUT2D eigenvalue weighted by atomic mass is 9.97. The van der Waals surface area contributed by atoms with Gasteiger partial charge in [0.05, 0.1) is 5.39 Å². The maximum absolute atomic E-state index is 13.5. The molecule has 5 nitrogen and oxygen atoms in total. The first-order chi connectivity index (χ1) is 15.1. The Bertz CT molecular complexity index is 1160. The molecule has 0 radical (unpaired) electrons. The van der Waals surface area contributed by atoms with Crippen molar-refractivity contribution in [1.82, 2.24) is 14.5 Å². The maximum Gasteiger partial charge on any atom is 0.264 e. The van der Waals surface area contributed by atoms with Crippen LogP contribution in [0.1, 0.15) is 28.8 Å². The fourth-order valence-electron chi connectivity index (χ4n) is 4.72. The summed E-state index contributed by atoms with van der Waals surface area (Å²) in [5, 5.41) is 1.62. The third kappa shape index (κ3) is 4.04. The molecular weight excluding hydrogens is 428 g/mol. The summed E-state index contributed by atoms with van der Waals surface area (Å²) in [4.78, 5) is 25.5. The van der Waals surface area contributed by atoms with Crippen molar-refractivity contribution >= 4 is 39.1 Å². The number of benzene rings is 1. The van der Waals surface area contributed by atoms with Crippen molar-refractivity contribution in [3.8, 4) is 0 Å². The van der Waals surface area contributed by atoms with E-state index in [0.29, 0.717) is 6.54 Å². The van der Waals surface area contributed by atoms with Crippen molar-refractivity contribution < 1.29 is 0 Å². The van der Waals surface area contributed by atoms with E-state index in [1.807, 2.05) is 16.7 Å². The maximum atomic E-state index is 13.5. The molecule has 1 saturated heterocycles. The summed E-state index contributed by atoms with van der Waals surface area (Å²) in [5.41, 5.74) is 2.62. The fourth-order valence-corrected chi connectivity index (χ4v) is 6.09. The number of hydrogen-bond donors (Lipinski definition) is 0. The summed E-state index contributed by atoms with van der Waals surface area (Å²) in [7, 11) is 0. The van der Waals surface area contributed by atoms with Crippen LogP contribution >= 0.6 is 22.9 Å².